The largest absolute Gasteiger partial charge is 0.458 e. The number of furan rings is 1. The van der Waals surface area contributed by atoms with Crippen molar-refractivity contribution < 1.29 is 9.52 Å². The molecular formula is C17H21NO2. The van der Waals surface area contributed by atoms with Gasteiger partial charge in [0.15, 0.2) is 0 Å². The summed E-state index contributed by atoms with van der Waals surface area (Å²) in [6, 6.07) is 10.6. The first kappa shape index (κ1) is 12.4. The molecule has 2 aliphatic carbocycles. The molecule has 1 atom stereocenters. The van der Waals surface area contributed by atoms with Crippen LogP contribution in [0.2, 0.25) is 0 Å². The molecule has 0 amide bonds. The van der Waals surface area contributed by atoms with Gasteiger partial charge < -0.3 is 9.52 Å². The van der Waals surface area contributed by atoms with Crippen LogP contribution in [0.4, 0.5) is 0 Å². The van der Waals surface area contributed by atoms with Gasteiger partial charge in [-0.15, -0.1) is 0 Å². The molecule has 0 radical (unpaired) electrons. The zero-order valence-electron chi connectivity index (χ0n) is 11.7. The van der Waals surface area contributed by atoms with E-state index in [-0.39, 0.29) is 0 Å². The molecule has 0 aliphatic heterocycles. The Hall–Kier alpha value is -1.32. The van der Waals surface area contributed by atoms with E-state index >= 15 is 0 Å². The first-order valence-corrected chi connectivity index (χ1v) is 7.70. The zero-order valence-corrected chi connectivity index (χ0v) is 11.7. The van der Waals surface area contributed by atoms with E-state index < -0.39 is 6.10 Å². The molecule has 1 heterocycles. The number of fused-ring (bicyclic) bond motifs is 1. The summed E-state index contributed by atoms with van der Waals surface area (Å²) in [6.45, 7) is 1.86. The second kappa shape index (κ2) is 4.90. The molecule has 1 aromatic carbocycles. The van der Waals surface area contributed by atoms with Crippen molar-refractivity contribution in [1.82, 2.24) is 4.90 Å². The van der Waals surface area contributed by atoms with Crippen molar-refractivity contribution in [2.75, 3.05) is 13.1 Å². The SMILES string of the molecule is OC(CN(CC1CC1)C1CC1)c1cc2ccccc2o1. The van der Waals surface area contributed by atoms with Crippen LogP contribution < -0.4 is 0 Å². The van der Waals surface area contributed by atoms with Gasteiger partial charge in [-0.3, -0.25) is 4.90 Å². The molecule has 20 heavy (non-hydrogen) atoms. The summed E-state index contributed by atoms with van der Waals surface area (Å²) in [5, 5.41) is 11.5. The molecule has 4 rings (SSSR count). The van der Waals surface area contributed by atoms with E-state index in [1.54, 1.807) is 0 Å². The molecule has 2 fully saturated rings. The smallest absolute Gasteiger partial charge is 0.135 e. The number of nitrogens with zero attached hydrogens (tertiary/aromatic N) is 1. The molecular weight excluding hydrogens is 250 g/mol. The van der Waals surface area contributed by atoms with E-state index in [1.807, 2.05) is 30.3 Å². The highest BCUT2D eigenvalue weighted by Crippen LogP contribution is 2.36. The fourth-order valence-corrected chi connectivity index (χ4v) is 2.92. The summed E-state index contributed by atoms with van der Waals surface area (Å²) in [5.74, 6) is 1.58. The maximum atomic E-state index is 10.5. The predicted molar refractivity (Wildman–Crippen MR) is 78.5 cm³/mol. The third-order valence-corrected chi connectivity index (χ3v) is 4.43. The van der Waals surface area contributed by atoms with Crippen LogP contribution in [-0.4, -0.2) is 29.1 Å². The lowest BCUT2D eigenvalue weighted by atomic mass is 10.2. The van der Waals surface area contributed by atoms with Crippen LogP contribution in [0.15, 0.2) is 34.7 Å². The van der Waals surface area contributed by atoms with Crippen molar-refractivity contribution in [3.63, 3.8) is 0 Å². The Bertz CT molecular complexity index is 565. The first-order chi connectivity index (χ1) is 9.79. The van der Waals surface area contributed by atoms with E-state index in [0.29, 0.717) is 18.3 Å². The summed E-state index contributed by atoms with van der Waals surface area (Å²) in [6.07, 6.45) is 4.80. The summed E-state index contributed by atoms with van der Waals surface area (Å²) in [7, 11) is 0. The Kier molecular flexibility index (Phi) is 3.04. The Balaban J connectivity index is 1.48. The lowest BCUT2D eigenvalue weighted by Crippen LogP contribution is -2.32. The molecule has 3 heteroatoms. The third-order valence-electron chi connectivity index (χ3n) is 4.43. The van der Waals surface area contributed by atoms with Gasteiger partial charge in [0.05, 0.1) is 0 Å². The summed E-state index contributed by atoms with van der Waals surface area (Å²) in [5.41, 5.74) is 0.863. The van der Waals surface area contributed by atoms with E-state index in [2.05, 4.69) is 4.90 Å². The lowest BCUT2D eigenvalue weighted by Gasteiger charge is -2.23. The second-order valence-corrected chi connectivity index (χ2v) is 6.33. The number of hydrogen-bond donors (Lipinski definition) is 1. The number of hydrogen-bond acceptors (Lipinski definition) is 3. The van der Waals surface area contributed by atoms with Crippen LogP contribution >= 0.6 is 0 Å². The maximum Gasteiger partial charge on any atom is 0.135 e. The van der Waals surface area contributed by atoms with Crippen LogP contribution in [0.5, 0.6) is 0 Å². The summed E-state index contributed by atoms with van der Waals surface area (Å²) in [4.78, 5) is 2.47. The monoisotopic (exact) mass is 271 g/mol. The van der Waals surface area contributed by atoms with E-state index in [4.69, 9.17) is 4.42 Å². The Labute approximate surface area is 119 Å². The van der Waals surface area contributed by atoms with Crippen molar-refractivity contribution in [3.05, 3.63) is 36.1 Å². The molecule has 0 bridgehead atoms. The average molecular weight is 271 g/mol. The van der Waals surface area contributed by atoms with E-state index in [1.165, 1.54) is 25.7 Å². The van der Waals surface area contributed by atoms with Gasteiger partial charge in [0.2, 0.25) is 0 Å². The van der Waals surface area contributed by atoms with Crippen molar-refractivity contribution in [1.29, 1.82) is 0 Å². The van der Waals surface area contributed by atoms with E-state index in [9.17, 15) is 5.11 Å². The van der Waals surface area contributed by atoms with Crippen LogP contribution in [0, 0.1) is 5.92 Å². The van der Waals surface area contributed by atoms with Gasteiger partial charge in [-0.2, -0.15) is 0 Å². The normalized spacial score (nSPS) is 20.7. The van der Waals surface area contributed by atoms with Gasteiger partial charge >= 0.3 is 0 Å². The zero-order chi connectivity index (χ0) is 13.5. The fraction of sp³-hybridized carbons (Fsp3) is 0.529. The van der Waals surface area contributed by atoms with Gasteiger partial charge in [-0.1, -0.05) is 18.2 Å². The molecule has 2 aromatic rings. The Morgan fingerprint density at radius 3 is 2.70 bits per heavy atom. The van der Waals surface area contributed by atoms with Gasteiger partial charge in [-0.25, -0.2) is 0 Å². The molecule has 3 nitrogen and oxygen atoms in total. The summed E-state index contributed by atoms with van der Waals surface area (Å²) >= 11 is 0. The van der Waals surface area contributed by atoms with Crippen molar-refractivity contribution in [2.24, 2.45) is 5.92 Å². The Morgan fingerprint density at radius 1 is 1.20 bits per heavy atom. The van der Waals surface area contributed by atoms with Gasteiger partial charge in [0.1, 0.15) is 17.4 Å². The minimum atomic E-state index is -0.512. The number of rotatable bonds is 6. The van der Waals surface area contributed by atoms with Gasteiger partial charge in [-0.05, 0) is 43.7 Å². The molecule has 0 saturated heterocycles. The van der Waals surface area contributed by atoms with E-state index in [0.717, 1.165) is 23.4 Å². The third kappa shape index (κ3) is 2.60. The second-order valence-electron chi connectivity index (χ2n) is 6.33. The quantitative estimate of drug-likeness (QED) is 0.875. The van der Waals surface area contributed by atoms with Crippen molar-refractivity contribution >= 4 is 11.0 Å². The molecule has 1 unspecified atom stereocenters. The first-order valence-electron chi connectivity index (χ1n) is 7.70. The minimum Gasteiger partial charge on any atom is -0.458 e. The van der Waals surface area contributed by atoms with Crippen LogP contribution in [-0.2, 0) is 0 Å². The highest BCUT2D eigenvalue weighted by Gasteiger charge is 2.35. The molecule has 0 spiro atoms. The van der Waals surface area contributed by atoms with Gasteiger partial charge in [0, 0.05) is 24.5 Å². The minimum absolute atomic E-state index is 0.512. The van der Waals surface area contributed by atoms with Crippen LogP contribution in [0.1, 0.15) is 37.5 Å². The topological polar surface area (TPSA) is 36.6 Å². The predicted octanol–water partition coefficient (Wildman–Crippen LogP) is 3.34. The highest BCUT2D eigenvalue weighted by atomic mass is 16.4. The van der Waals surface area contributed by atoms with Crippen LogP contribution in [0.3, 0.4) is 0 Å². The molecule has 1 aromatic heterocycles. The molecule has 106 valence electrons. The molecule has 1 N–H and O–H groups in total. The molecule has 2 aliphatic rings. The van der Waals surface area contributed by atoms with Crippen LogP contribution in [0.25, 0.3) is 11.0 Å². The molecule has 2 saturated carbocycles. The number of para-hydroxylation sites is 1. The van der Waals surface area contributed by atoms with Crippen molar-refractivity contribution in [2.45, 2.75) is 37.8 Å². The Morgan fingerprint density at radius 2 is 2.00 bits per heavy atom. The lowest BCUT2D eigenvalue weighted by molar-refractivity contribution is 0.0896. The van der Waals surface area contributed by atoms with Crippen molar-refractivity contribution in [3.8, 4) is 0 Å². The average Bonchev–Trinajstić information content (AvgIpc) is 3.35. The number of aliphatic hydroxyl groups is 1. The summed E-state index contributed by atoms with van der Waals surface area (Å²) < 4.78 is 5.77. The standard InChI is InChI=1S/C17H21NO2/c19-15(11-18(14-7-8-14)10-12-5-6-12)17-9-13-3-1-2-4-16(13)20-17/h1-4,9,12,14-15,19H,5-8,10-11H2. The van der Waals surface area contributed by atoms with Gasteiger partial charge in [0.25, 0.3) is 0 Å². The maximum absolute atomic E-state index is 10.5. The fourth-order valence-electron chi connectivity index (χ4n) is 2.92. The number of aliphatic hydroxyl groups excluding tert-OH is 1. The highest BCUT2D eigenvalue weighted by molar-refractivity contribution is 5.77. The number of benzene rings is 1.